The average Bonchev–Trinajstić information content (AvgIpc) is 2.36. The number of carbonyl (C=O) groups is 1. The van der Waals surface area contributed by atoms with Crippen LogP contribution in [0.25, 0.3) is 0 Å². The largest absolute Gasteiger partial charge is 0.327 e. The van der Waals surface area contributed by atoms with E-state index < -0.39 is 0 Å². The number of amides is 1. The van der Waals surface area contributed by atoms with E-state index in [2.05, 4.69) is 32.0 Å². The number of fused-ring (bicyclic) bond motifs is 1. The fraction of sp³-hybridized carbons (Fsp3) is 0.588. The van der Waals surface area contributed by atoms with Gasteiger partial charge in [0, 0.05) is 25.2 Å². The molecular weight excluding hydrogens is 248 g/mol. The smallest absolute Gasteiger partial charge is 0.223 e. The Labute approximate surface area is 122 Å². The lowest BCUT2D eigenvalue weighted by atomic mass is 9.94. The lowest BCUT2D eigenvalue weighted by Crippen LogP contribution is -2.33. The molecule has 1 heterocycles. The van der Waals surface area contributed by atoms with Crippen LogP contribution in [0.5, 0.6) is 0 Å². The zero-order chi connectivity index (χ0) is 14.7. The van der Waals surface area contributed by atoms with Crippen LogP contribution in [0.1, 0.15) is 44.7 Å². The minimum Gasteiger partial charge on any atom is -0.327 e. The van der Waals surface area contributed by atoms with Crippen molar-refractivity contribution in [1.82, 2.24) is 0 Å². The van der Waals surface area contributed by atoms with Gasteiger partial charge in [-0.25, -0.2) is 0 Å². The molecule has 0 aromatic heterocycles. The van der Waals surface area contributed by atoms with E-state index in [0.717, 1.165) is 37.9 Å². The fourth-order valence-corrected chi connectivity index (χ4v) is 3.10. The van der Waals surface area contributed by atoms with Crippen molar-refractivity contribution < 1.29 is 4.79 Å². The first kappa shape index (κ1) is 15.0. The number of benzene rings is 1. The lowest BCUT2D eigenvalue weighted by Gasteiger charge is -2.29. The van der Waals surface area contributed by atoms with Gasteiger partial charge in [0.25, 0.3) is 0 Å². The van der Waals surface area contributed by atoms with Crippen LogP contribution in [0.2, 0.25) is 0 Å². The maximum absolute atomic E-state index is 11.7. The van der Waals surface area contributed by atoms with Crippen molar-refractivity contribution in [2.75, 3.05) is 11.4 Å². The van der Waals surface area contributed by atoms with Gasteiger partial charge in [0.1, 0.15) is 0 Å². The van der Waals surface area contributed by atoms with E-state index in [-0.39, 0.29) is 11.9 Å². The molecule has 1 aliphatic rings. The van der Waals surface area contributed by atoms with Crippen LogP contribution in [0.15, 0.2) is 18.2 Å². The summed E-state index contributed by atoms with van der Waals surface area (Å²) in [5, 5.41) is 0. The van der Waals surface area contributed by atoms with E-state index >= 15 is 0 Å². The Morgan fingerprint density at radius 1 is 1.40 bits per heavy atom. The summed E-state index contributed by atoms with van der Waals surface area (Å²) in [6.07, 6.45) is 4.09. The lowest BCUT2D eigenvalue weighted by molar-refractivity contribution is -0.116. The second kappa shape index (κ2) is 6.40. The van der Waals surface area contributed by atoms with Crippen molar-refractivity contribution in [2.45, 2.75) is 52.5 Å². The monoisotopic (exact) mass is 274 g/mol. The van der Waals surface area contributed by atoms with Crippen molar-refractivity contribution in [3.05, 3.63) is 29.3 Å². The minimum atomic E-state index is 0.134. The summed E-state index contributed by atoms with van der Waals surface area (Å²) in [5.41, 5.74) is 9.87. The molecule has 0 bridgehead atoms. The molecular formula is C17H26N2O. The highest BCUT2D eigenvalue weighted by Crippen LogP contribution is 2.28. The van der Waals surface area contributed by atoms with Crippen LogP contribution in [-0.4, -0.2) is 18.5 Å². The highest BCUT2D eigenvalue weighted by Gasteiger charge is 2.20. The predicted molar refractivity (Wildman–Crippen MR) is 83.9 cm³/mol. The Hall–Kier alpha value is -1.35. The molecule has 0 aliphatic carbocycles. The number of aryl methyl sites for hydroxylation is 1. The van der Waals surface area contributed by atoms with Crippen molar-refractivity contribution in [2.24, 2.45) is 11.7 Å². The Morgan fingerprint density at radius 3 is 2.80 bits per heavy atom. The molecule has 0 saturated heterocycles. The third-order valence-electron chi connectivity index (χ3n) is 3.91. The molecule has 20 heavy (non-hydrogen) atoms. The number of nitrogens with two attached hydrogens (primary N) is 1. The highest BCUT2D eigenvalue weighted by atomic mass is 16.2. The maximum Gasteiger partial charge on any atom is 0.223 e. The predicted octanol–water partition coefficient (Wildman–Crippen LogP) is 2.90. The van der Waals surface area contributed by atoms with Gasteiger partial charge in [-0.2, -0.15) is 0 Å². The number of hydrogen-bond donors (Lipinski definition) is 1. The molecule has 1 aliphatic heterocycles. The summed E-state index contributed by atoms with van der Waals surface area (Å²) in [7, 11) is 0. The molecule has 2 rings (SSSR count). The second-order valence-corrected chi connectivity index (χ2v) is 6.33. The number of rotatable bonds is 4. The Bertz CT molecular complexity index is 482. The normalized spacial score (nSPS) is 16.1. The van der Waals surface area contributed by atoms with Gasteiger partial charge in [-0.3, -0.25) is 4.79 Å². The third kappa shape index (κ3) is 3.60. The summed E-state index contributed by atoms with van der Waals surface area (Å²) < 4.78 is 0. The van der Waals surface area contributed by atoms with Crippen molar-refractivity contribution in [1.29, 1.82) is 0 Å². The molecule has 1 aromatic carbocycles. The Morgan fingerprint density at radius 2 is 2.15 bits per heavy atom. The van der Waals surface area contributed by atoms with Crippen LogP contribution >= 0.6 is 0 Å². The van der Waals surface area contributed by atoms with Gasteiger partial charge in [0.15, 0.2) is 0 Å². The van der Waals surface area contributed by atoms with Gasteiger partial charge in [-0.15, -0.1) is 0 Å². The molecule has 0 fully saturated rings. The van der Waals surface area contributed by atoms with Gasteiger partial charge in [0.05, 0.1) is 0 Å². The van der Waals surface area contributed by atoms with Crippen molar-refractivity contribution in [3.63, 3.8) is 0 Å². The molecule has 1 unspecified atom stereocenters. The highest BCUT2D eigenvalue weighted by molar-refractivity contribution is 5.92. The summed E-state index contributed by atoms with van der Waals surface area (Å²) in [6.45, 7) is 6.89. The first-order valence-electron chi connectivity index (χ1n) is 7.63. The van der Waals surface area contributed by atoms with Gasteiger partial charge in [-0.1, -0.05) is 26.0 Å². The number of anilines is 1. The molecule has 2 N–H and O–H groups in total. The van der Waals surface area contributed by atoms with E-state index in [1.165, 1.54) is 11.1 Å². The molecule has 0 radical (unpaired) electrons. The van der Waals surface area contributed by atoms with E-state index in [9.17, 15) is 4.79 Å². The quantitative estimate of drug-likeness (QED) is 0.917. The molecule has 3 heteroatoms. The molecule has 1 atom stereocenters. The van der Waals surface area contributed by atoms with Crippen LogP contribution < -0.4 is 10.6 Å². The van der Waals surface area contributed by atoms with Crippen molar-refractivity contribution >= 4 is 11.6 Å². The second-order valence-electron chi connectivity index (χ2n) is 6.33. The van der Waals surface area contributed by atoms with Crippen LogP contribution in [0, 0.1) is 5.92 Å². The van der Waals surface area contributed by atoms with Crippen LogP contribution in [0.3, 0.4) is 0 Å². The van der Waals surface area contributed by atoms with E-state index in [1.54, 1.807) is 6.92 Å². The summed E-state index contributed by atoms with van der Waals surface area (Å²) >= 11 is 0. The fourth-order valence-electron chi connectivity index (χ4n) is 3.10. The van der Waals surface area contributed by atoms with Crippen LogP contribution in [-0.2, 0) is 17.6 Å². The molecule has 1 amide bonds. The number of nitrogens with zero attached hydrogens (tertiary/aromatic N) is 1. The zero-order valence-corrected chi connectivity index (χ0v) is 12.9. The first-order valence-corrected chi connectivity index (χ1v) is 7.63. The van der Waals surface area contributed by atoms with Gasteiger partial charge >= 0.3 is 0 Å². The van der Waals surface area contributed by atoms with E-state index in [1.807, 2.05) is 4.90 Å². The molecule has 110 valence electrons. The maximum atomic E-state index is 11.7. The van der Waals surface area contributed by atoms with Crippen LogP contribution in [0.4, 0.5) is 5.69 Å². The molecule has 0 saturated carbocycles. The first-order chi connectivity index (χ1) is 9.47. The zero-order valence-electron chi connectivity index (χ0n) is 12.9. The Kier molecular flexibility index (Phi) is 4.81. The molecule has 3 nitrogen and oxygen atoms in total. The summed E-state index contributed by atoms with van der Waals surface area (Å²) in [6, 6.07) is 6.68. The average molecular weight is 274 g/mol. The summed E-state index contributed by atoms with van der Waals surface area (Å²) in [4.78, 5) is 13.5. The molecule has 0 spiro atoms. The third-order valence-corrected chi connectivity index (χ3v) is 3.91. The summed E-state index contributed by atoms with van der Waals surface area (Å²) in [5.74, 6) is 0.769. The van der Waals surface area contributed by atoms with E-state index in [0.29, 0.717) is 5.92 Å². The van der Waals surface area contributed by atoms with Gasteiger partial charge in [0.2, 0.25) is 5.91 Å². The standard InChI is InChI=1S/C17H26N2O/c1-12(2)9-16(18)11-14-6-7-17-15(10-14)5-4-8-19(17)13(3)20/h6-7,10,12,16H,4-5,8-9,11,18H2,1-3H3. The minimum absolute atomic E-state index is 0.134. The number of hydrogen-bond acceptors (Lipinski definition) is 2. The van der Waals surface area contributed by atoms with Gasteiger partial charge < -0.3 is 10.6 Å². The van der Waals surface area contributed by atoms with Crippen molar-refractivity contribution in [3.8, 4) is 0 Å². The van der Waals surface area contributed by atoms with Gasteiger partial charge in [-0.05, 0) is 48.8 Å². The van der Waals surface area contributed by atoms with E-state index in [4.69, 9.17) is 5.73 Å². The SMILES string of the molecule is CC(=O)N1CCCc2cc(CC(N)CC(C)C)ccc21. The topological polar surface area (TPSA) is 46.3 Å². The Balaban J connectivity index is 2.13. The number of carbonyl (C=O) groups excluding carboxylic acids is 1. The molecule has 1 aromatic rings.